The molecule has 0 aliphatic heterocycles. The van der Waals surface area contributed by atoms with E-state index in [1.165, 1.54) is 12.1 Å². The van der Waals surface area contributed by atoms with Crippen molar-refractivity contribution in [3.05, 3.63) is 35.6 Å². The largest absolute Gasteiger partial charge is 0.308 e. The van der Waals surface area contributed by atoms with Crippen LogP contribution in [0, 0.1) is 5.82 Å². The number of nitrogens with one attached hydrogen (secondary N) is 1. The number of benzene rings is 1. The molecule has 0 saturated carbocycles. The Morgan fingerprint density at radius 2 is 1.79 bits per heavy atom. The summed E-state index contributed by atoms with van der Waals surface area (Å²) in [4.78, 5) is 0. The third-order valence-electron chi connectivity index (χ3n) is 2.22. The average molecular weight is 195 g/mol. The van der Waals surface area contributed by atoms with Gasteiger partial charge < -0.3 is 5.32 Å². The molecule has 0 aromatic heterocycles. The molecule has 0 aliphatic rings. The third kappa shape index (κ3) is 3.11. The van der Waals surface area contributed by atoms with E-state index in [0.29, 0.717) is 12.1 Å². The van der Waals surface area contributed by atoms with Crippen LogP contribution in [-0.4, -0.2) is 6.04 Å². The molecule has 0 unspecified atom stereocenters. The Hall–Kier alpha value is -0.890. The van der Waals surface area contributed by atoms with E-state index in [2.05, 4.69) is 26.1 Å². The summed E-state index contributed by atoms with van der Waals surface area (Å²) in [7, 11) is 0. The lowest BCUT2D eigenvalue weighted by Gasteiger charge is -2.20. The highest BCUT2D eigenvalue weighted by Crippen LogP contribution is 2.17. The van der Waals surface area contributed by atoms with Gasteiger partial charge in [0.1, 0.15) is 5.82 Å². The first-order valence-electron chi connectivity index (χ1n) is 5.15. The van der Waals surface area contributed by atoms with Crippen LogP contribution >= 0.6 is 0 Å². The summed E-state index contributed by atoms with van der Waals surface area (Å²) < 4.78 is 12.7. The molecule has 14 heavy (non-hydrogen) atoms. The molecular formula is C12H18FN. The third-order valence-corrected chi connectivity index (χ3v) is 2.22. The van der Waals surface area contributed by atoms with Gasteiger partial charge in [-0.2, -0.15) is 0 Å². The SMILES string of the molecule is CC[C@@H](NC(C)C)c1ccc(F)cc1. The smallest absolute Gasteiger partial charge is 0.123 e. The molecule has 0 radical (unpaired) electrons. The van der Waals surface area contributed by atoms with Gasteiger partial charge in [0.05, 0.1) is 0 Å². The van der Waals surface area contributed by atoms with E-state index in [4.69, 9.17) is 0 Å². The molecule has 2 heteroatoms. The molecule has 1 atom stereocenters. The Labute approximate surface area is 85.3 Å². The van der Waals surface area contributed by atoms with E-state index in [0.717, 1.165) is 12.0 Å². The highest BCUT2D eigenvalue weighted by molar-refractivity contribution is 5.19. The Morgan fingerprint density at radius 3 is 2.21 bits per heavy atom. The van der Waals surface area contributed by atoms with Crippen LogP contribution in [0.1, 0.15) is 38.8 Å². The highest BCUT2D eigenvalue weighted by Gasteiger charge is 2.09. The summed E-state index contributed by atoms with van der Waals surface area (Å²) in [5.74, 6) is -0.173. The molecule has 0 bridgehead atoms. The van der Waals surface area contributed by atoms with Crippen LogP contribution in [0.3, 0.4) is 0 Å². The standard InChI is InChI=1S/C12H18FN/c1-4-12(14-9(2)3)10-5-7-11(13)8-6-10/h5-9,12,14H,4H2,1-3H3/t12-/m1/s1. The van der Waals surface area contributed by atoms with Crippen LogP contribution < -0.4 is 5.32 Å². The van der Waals surface area contributed by atoms with E-state index < -0.39 is 0 Å². The maximum Gasteiger partial charge on any atom is 0.123 e. The molecule has 1 N–H and O–H groups in total. The maximum absolute atomic E-state index is 12.7. The van der Waals surface area contributed by atoms with Crippen molar-refractivity contribution in [2.75, 3.05) is 0 Å². The zero-order chi connectivity index (χ0) is 10.6. The summed E-state index contributed by atoms with van der Waals surface area (Å²) in [6.45, 7) is 6.36. The van der Waals surface area contributed by atoms with Crippen molar-refractivity contribution in [3.8, 4) is 0 Å². The molecule has 0 fully saturated rings. The monoisotopic (exact) mass is 195 g/mol. The predicted octanol–water partition coefficient (Wildman–Crippen LogP) is 3.27. The van der Waals surface area contributed by atoms with Crippen LogP contribution in [0.2, 0.25) is 0 Å². The molecule has 0 spiro atoms. The van der Waals surface area contributed by atoms with Crippen LogP contribution in [0.4, 0.5) is 4.39 Å². The van der Waals surface area contributed by atoms with Gasteiger partial charge in [0.25, 0.3) is 0 Å². The average Bonchev–Trinajstić information content (AvgIpc) is 2.15. The second-order valence-electron chi connectivity index (χ2n) is 3.83. The number of hydrogen-bond donors (Lipinski definition) is 1. The van der Waals surface area contributed by atoms with Crippen molar-refractivity contribution in [1.82, 2.24) is 5.32 Å². The first-order chi connectivity index (χ1) is 6.63. The highest BCUT2D eigenvalue weighted by atomic mass is 19.1. The number of halogens is 1. The van der Waals surface area contributed by atoms with Crippen molar-refractivity contribution in [3.63, 3.8) is 0 Å². The lowest BCUT2D eigenvalue weighted by molar-refractivity contribution is 0.465. The van der Waals surface area contributed by atoms with E-state index >= 15 is 0 Å². The molecule has 1 nitrogen and oxygen atoms in total. The zero-order valence-corrected chi connectivity index (χ0v) is 9.05. The molecule has 1 aromatic carbocycles. The lowest BCUT2D eigenvalue weighted by Crippen LogP contribution is -2.27. The van der Waals surface area contributed by atoms with Crippen molar-refractivity contribution in [2.24, 2.45) is 0 Å². The zero-order valence-electron chi connectivity index (χ0n) is 9.05. The summed E-state index contributed by atoms with van der Waals surface area (Å²) >= 11 is 0. The van der Waals surface area contributed by atoms with Crippen LogP contribution in [0.15, 0.2) is 24.3 Å². The molecule has 0 saturated heterocycles. The molecule has 0 amide bonds. The van der Waals surface area contributed by atoms with Crippen molar-refractivity contribution >= 4 is 0 Å². The van der Waals surface area contributed by atoms with Gasteiger partial charge in [-0.15, -0.1) is 0 Å². The summed E-state index contributed by atoms with van der Waals surface area (Å²) in [6.07, 6.45) is 1.02. The van der Waals surface area contributed by atoms with Gasteiger partial charge in [0.15, 0.2) is 0 Å². The second-order valence-corrected chi connectivity index (χ2v) is 3.83. The van der Waals surface area contributed by atoms with Gasteiger partial charge in [-0.25, -0.2) is 4.39 Å². The summed E-state index contributed by atoms with van der Waals surface area (Å²) in [5.41, 5.74) is 1.16. The Morgan fingerprint density at radius 1 is 1.21 bits per heavy atom. The van der Waals surface area contributed by atoms with Gasteiger partial charge in [-0.3, -0.25) is 0 Å². The minimum atomic E-state index is -0.173. The quantitative estimate of drug-likeness (QED) is 0.777. The van der Waals surface area contributed by atoms with E-state index in [-0.39, 0.29) is 5.82 Å². The first kappa shape index (κ1) is 11.2. The van der Waals surface area contributed by atoms with Crippen LogP contribution in [0.5, 0.6) is 0 Å². The van der Waals surface area contributed by atoms with Crippen molar-refractivity contribution in [2.45, 2.75) is 39.3 Å². The molecule has 78 valence electrons. The summed E-state index contributed by atoms with van der Waals surface area (Å²) in [6, 6.07) is 7.50. The van der Waals surface area contributed by atoms with E-state index in [1.807, 2.05) is 12.1 Å². The second kappa shape index (κ2) is 5.11. The molecule has 0 heterocycles. The fraction of sp³-hybridized carbons (Fsp3) is 0.500. The molecule has 0 aliphatic carbocycles. The minimum Gasteiger partial charge on any atom is -0.308 e. The Kier molecular flexibility index (Phi) is 4.08. The number of hydrogen-bond acceptors (Lipinski definition) is 1. The molecule has 1 aromatic rings. The van der Waals surface area contributed by atoms with Gasteiger partial charge in [-0.05, 0) is 24.1 Å². The van der Waals surface area contributed by atoms with Crippen molar-refractivity contribution < 1.29 is 4.39 Å². The number of rotatable bonds is 4. The minimum absolute atomic E-state index is 0.173. The van der Waals surface area contributed by atoms with Crippen LogP contribution in [0.25, 0.3) is 0 Å². The Balaban J connectivity index is 2.73. The van der Waals surface area contributed by atoms with Gasteiger partial charge in [0.2, 0.25) is 0 Å². The van der Waals surface area contributed by atoms with Gasteiger partial charge >= 0.3 is 0 Å². The van der Waals surface area contributed by atoms with Crippen molar-refractivity contribution in [1.29, 1.82) is 0 Å². The van der Waals surface area contributed by atoms with Gasteiger partial charge in [0, 0.05) is 12.1 Å². The topological polar surface area (TPSA) is 12.0 Å². The normalized spacial score (nSPS) is 13.2. The fourth-order valence-electron chi connectivity index (χ4n) is 1.55. The van der Waals surface area contributed by atoms with E-state index in [1.54, 1.807) is 0 Å². The molecule has 1 rings (SSSR count). The van der Waals surface area contributed by atoms with Crippen LogP contribution in [-0.2, 0) is 0 Å². The lowest BCUT2D eigenvalue weighted by atomic mass is 10.0. The predicted molar refractivity (Wildman–Crippen MR) is 57.7 cm³/mol. The first-order valence-corrected chi connectivity index (χ1v) is 5.15. The maximum atomic E-state index is 12.7. The summed E-state index contributed by atoms with van der Waals surface area (Å²) in [5, 5.41) is 3.44. The van der Waals surface area contributed by atoms with E-state index in [9.17, 15) is 4.39 Å². The van der Waals surface area contributed by atoms with Gasteiger partial charge in [-0.1, -0.05) is 32.9 Å². The fourth-order valence-corrected chi connectivity index (χ4v) is 1.55. The Bertz CT molecular complexity index is 266. The molecular weight excluding hydrogens is 177 g/mol.